The fourth-order valence-electron chi connectivity index (χ4n) is 1.68. The standard InChI is InChI=1S/C10H9FN2O/c1-6-10-7(5-14)8(11)3-4-9(10)13(2)12-6/h3-5H,1-2H3. The Kier molecular flexibility index (Phi) is 1.84. The zero-order valence-corrected chi connectivity index (χ0v) is 7.91. The number of fused-ring (bicyclic) bond motifs is 1. The lowest BCUT2D eigenvalue weighted by Crippen LogP contribution is -1.91. The second kappa shape index (κ2) is 2.90. The molecule has 1 aromatic heterocycles. The number of aldehydes is 1. The van der Waals surface area contributed by atoms with E-state index in [0.717, 1.165) is 5.52 Å². The number of hydrogen-bond donors (Lipinski definition) is 0. The van der Waals surface area contributed by atoms with Crippen LogP contribution in [0.3, 0.4) is 0 Å². The molecule has 1 heterocycles. The fraction of sp³-hybridized carbons (Fsp3) is 0.200. The van der Waals surface area contributed by atoms with Gasteiger partial charge in [0.05, 0.1) is 16.8 Å². The van der Waals surface area contributed by atoms with Crippen molar-refractivity contribution < 1.29 is 9.18 Å². The summed E-state index contributed by atoms with van der Waals surface area (Å²) in [5, 5.41) is 4.73. The molecule has 72 valence electrons. The number of carbonyl (C=O) groups excluding carboxylic acids is 1. The minimum absolute atomic E-state index is 0.0908. The second-order valence-electron chi connectivity index (χ2n) is 3.18. The Balaban J connectivity index is 2.99. The Morgan fingerprint density at radius 3 is 2.86 bits per heavy atom. The van der Waals surface area contributed by atoms with Gasteiger partial charge in [0.1, 0.15) is 5.82 Å². The van der Waals surface area contributed by atoms with Crippen molar-refractivity contribution in [2.45, 2.75) is 6.92 Å². The van der Waals surface area contributed by atoms with Gasteiger partial charge in [0.25, 0.3) is 0 Å². The predicted octanol–water partition coefficient (Wildman–Crippen LogP) is 1.83. The molecule has 0 aliphatic rings. The van der Waals surface area contributed by atoms with Crippen LogP contribution in [0.15, 0.2) is 12.1 Å². The molecule has 0 spiro atoms. The summed E-state index contributed by atoms with van der Waals surface area (Å²) in [6, 6.07) is 2.91. The summed E-state index contributed by atoms with van der Waals surface area (Å²) in [7, 11) is 1.77. The van der Waals surface area contributed by atoms with Gasteiger partial charge in [0.2, 0.25) is 0 Å². The van der Waals surface area contributed by atoms with Gasteiger partial charge in [-0.25, -0.2) is 4.39 Å². The van der Waals surface area contributed by atoms with Crippen molar-refractivity contribution in [1.29, 1.82) is 0 Å². The lowest BCUT2D eigenvalue weighted by atomic mass is 10.1. The van der Waals surface area contributed by atoms with Gasteiger partial charge in [-0.1, -0.05) is 0 Å². The average Bonchev–Trinajstić information content (AvgIpc) is 2.43. The third-order valence-corrected chi connectivity index (χ3v) is 2.30. The van der Waals surface area contributed by atoms with E-state index in [-0.39, 0.29) is 5.56 Å². The summed E-state index contributed by atoms with van der Waals surface area (Å²) in [4.78, 5) is 10.7. The molecule has 0 aliphatic heterocycles. The molecule has 0 unspecified atom stereocenters. The molecule has 0 aliphatic carbocycles. The van der Waals surface area contributed by atoms with Crippen LogP contribution in [-0.2, 0) is 7.05 Å². The van der Waals surface area contributed by atoms with Crippen LogP contribution in [0.25, 0.3) is 10.9 Å². The van der Waals surface area contributed by atoms with Gasteiger partial charge in [0, 0.05) is 12.4 Å². The maximum absolute atomic E-state index is 13.2. The van der Waals surface area contributed by atoms with Crippen molar-refractivity contribution in [3.8, 4) is 0 Å². The highest BCUT2D eigenvalue weighted by atomic mass is 19.1. The first-order valence-electron chi connectivity index (χ1n) is 4.22. The SMILES string of the molecule is Cc1nn(C)c2ccc(F)c(C=O)c12. The molecule has 2 rings (SSSR count). The van der Waals surface area contributed by atoms with Crippen LogP contribution >= 0.6 is 0 Å². The maximum atomic E-state index is 13.2. The minimum Gasteiger partial charge on any atom is -0.298 e. The highest BCUT2D eigenvalue weighted by molar-refractivity contribution is 5.98. The Morgan fingerprint density at radius 2 is 2.21 bits per heavy atom. The number of aromatic nitrogens is 2. The summed E-state index contributed by atoms with van der Waals surface area (Å²) in [5.74, 6) is -0.497. The van der Waals surface area contributed by atoms with E-state index in [1.807, 2.05) is 0 Å². The number of hydrogen-bond acceptors (Lipinski definition) is 2. The highest BCUT2D eigenvalue weighted by Gasteiger charge is 2.12. The van der Waals surface area contributed by atoms with Crippen molar-refractivity contribution in [1.82, 2.24) is 9.78 Å². The molecule has 0 N–H and O–H groups in total. The van der Waals surface area contributed by atoms with E-state index in [1.165, 1.54) is 6.07 Å². The molecule has 1 aromatic carbocycles. The van der Waals surface area contributed by atoms with E-state index >= 15 is 0 Å². The first kappa shape index (κ1) is 8.87. The van der Waals surface area contributed by atoms with Crippen molar-refractivity contribution in [2.75, 3.05) is 0 Å². The summed E-state index contributed by atoms with van der Waals surface area (Å²) < 4.78 is 14.9. The Hall–Kier alpha value is -1.71. The van der Waals surface area contributed by atoms with Gasteiger partial charge in [-0.05, 0) is 19.1 Å². The predicted molar refractivity (Wildman–Crippen MR) is 50.8 cm³/mol. The van der Waals surface area contributed by atoms with Gasteiger partial charge in [-0.15, -0.1) is 0 Å². The second-order valence-corrected chi connectivity index (χ2v) is 3.18. The van der Waals surface area contributed by atoms with Crippen LogP contribution in [0, 0.1) is 12.7 Å². The van der Waals surface area contributed by atoms with Crippen LogP contribution in [0.1, 0.15) is 16.1 Å². The third kappa shape index (κ3) is 1.04. The summed E-state index contributed by atoms with van der Waals surface area (Å²) in [5.41, 5.74) is 1.53. The molecule has 0 radical (unpaired) electrons. The average molecular weight is 192 g/mol. The zero-order valence-electron chi connectivity index (χ0n) is 7.91. The van der Waals surface area contributed by atoms with E-state index in [9.17, 15) is 9.18 Å². The first-order chi connectivity index (χ1) is 6.65. The molecule has 2 aromatic rings. The lowest BCUT2D eigenvalue weighted by Gasteiger charge is -1.98. The monoisotopic (exact) mass is 192 g/mol. The normalized spacial score (nSPS) is 10.8. The number of benzene rings is 1. The Labute approximate surface area is 80.1 Å². The van der Waals surface area contributed by atoms with Gasteiger partial charge < -0.3 is 0 Å². The smallest absolute Gasteiger partial charge is 0.153 e. The molecule has 4 heteroatoms. The van der Waals surface area contributed by atoms with Gasteiger partial charge in [-0.3, -0.25) is 9.48 Å². The molecule has 0 saturated carbocycles. The van der Waals surface area contributed by atoms with Gasteiger partial charge >= 0.3 is 0 Å². The summed E-state index contributed by atoms with van der Waals surface area (Å²) in [6.07, 6.45) is 0.534. The molecule has 14 heavy (non-hydrogen) atoms. The largest absolute Gasteiger partial charge is 0.298 e. The van der Waals surface area contributed by atoms with E-state index in [0.29, 0.717) is 17.4 Å². The highest BCUT2D eigenvalue weighted by Crippen LogP contribution is 2.22. The topological polar surface area (TPSA) is 34.9 Å². The number of carbonyl (C=O) groups is 1. The van der Waals surface area contributed by atoms with Crippen LogP contribution in [0.4, 0.5) is 4.39 Å². The van der Waals surface area contributed by atoms with Crippen molar-refractivity contribution in [3.05, 3.63) is 29.2 Å². The number of rotatable bonds is 1. The van der Waals surface area contributed by atoms with E-state index in [1.54, 1.807) is 24.7 Å². The van der Waals surface area contributed by atoms with Crippen molar-refractivity contribution in [2.24, 2.45) is 7.05 Å². The molecule has 0 fully saturated rings. The van der Waals surface area contributed by atoms with Crippen LogP contribution < -0.4 is 0 Å². The molecule has 0 saturated heterocycles. The molecule has 0 amide bonds. The third-order valence-electron chi connectivity index (χ3n) is 2.30. The number of nitrogens with zero attached hydrogens (tertiary/aromatic N) is 2. The molecule has 0 bridgehead atoms. The molecule has 3 nitrogen and oxygen atoms in total. The van der Waals surface area contributed by atoms with Gasteiger partial charge in [-0.2, -0.15) is 5.10 Å². The zero-order chi connectivity index (χ0) is 10.3. The van der Waals surface area contributed by atoms with E-state index in [4.69, 9.17) is 0 Å². The van der Waals surface area contributed by atoms with E-state index < -0.39 is 5.82 Å². The minimum atomic E-state index is -0.497. The summed E-state index contributed by atoms with van der Waals surface area (Å²) >= 11 is 0. The first-order valence-corrected chi connectivity index (χ1v) is 4.22. The van der Waals surface area contributed by atoms with Crippen molar-refractivity contribution >= 4 is 17.2 Å². The quantitative estimate of drug-likeness (QED) is 0.646. The number of aryl methyl sites for hydroxylation is 2. The Morgan fingerprint density at radius 1 is 1.50 bits per heavy atom. The fourth-order valence-corrected chi connectivity index (χ4v) is 1.68. The van der Waals surface area contributed by atoms with E-state index in [2.05, 4.69) is 5.10 Å². The molecule has 0 atom stereocenters. The van der Waals surface area contributed by atoms with Gasteiger partial charge in [0.15, 0.2) is 6.29 Å². The van der Waals surface area contributed by atoms with Crippen molar-refractivity contribution in [3.63, 3.8) is 0 Å². The van der Waals surface area contributed by atoms with Crippen LogP contribution in [0.2, 0.25) is 0 Å². The lowest BCUT2D eigenvalue weighted by molar-refractivity contribution is 0.112. The number of halogens is 1. The molecular formula is C10H9FN2O. The summed E-state index contributed by atoms with van der Waals surface area (Å²) in [6.45, 7) is 1.76. The maximum Gasteiger partial charge on any atom is 0.153 e. The molecular weight excluding hydrogens is 183 g/mol. The van der Waals surface area contributed by atoms with Crippen LogP contribution in [-0.4, -0.2) is 16.1 Å². The Bertz CT molecular complexity index is 516. The van der Waals surface area contributed by atoms with Crippen LogP contribution in [0.5, 0.6) is 0 Å².